The molecule has 0 aliphatic heterocycles. The summed E-state index contributed by atoms with van der Waals surface area (Å²) in [7, 11) is 1.55. The third-order valence-corrected chi connectivity index (χ3v) is 6.92. The SMILES string of the molecule is COCCn1c(SC/C(O)=C(\C#N)c2nc3ccccc3s2)nc2cc(Cl)ccc2c1=O. The maximum Gasteiger partial charge on any atom is 0.262 e. The average Bonchev–Trinajstić information content (AvgIpc) is 3.21. The van der Waals surface area contributed by atoms with E-state index in [9.17, 15) is 15.2 Å². The van der Waals surface area contributed by atoms with Crippen LogP contribution in [0.25, 0.3) is 26.7 Å². The number of thioether (sulfide) groups is 1. The molecule has 0 unspecified atom stereocenters. The number of hydrogen-bond donors (Lipinski definition) is 1. The van der Waals surface area contributed by atoms with E-state index in [1.807, 2.05) is 24.3 Å². The van der Waals surface area contributed by atoms with Crippen LogP contribution in [0, 0.1) is 11.3 Å². The van der Waals surface area contributed by atoms with Crippen molar-refractivity contribution in [2.75, 3.05) is 19.5 Å². The number of nitrogens with zero attached hydrogens (tertiary/aromatic N) is 4. The van der Waals surface area contributed by atoms with Crippen molar-refractivity contribution in [3.05, 3.63) is 68.6 Å². The number of para-hydroxylation sites is 1. The van der Waals surface area contributed by atoms with Gasteiger partial charge in [-0.3, -0.25) is 9.36 Å². The number of nitriles is 1. The fourth-order valence-corrected chi connectivity index (χ4v) is 5.14. The van der Waals surface area contributed by atoms with Gasteiger partial charge in [0.15, 0.2) is 5.16 Å². The summed E-state index contributed by atoms with van der Waals surface area (Å²) in [5, 5.41) is 22.1. The summed E-state index contributed by atoms with van der Waals surface area (Å²) in [6, 6.07) is 14.5. The number of allylic oxidation sites excluding steroid dienone is 1. The quantitative estimate of drug-likeness (QED) is 0.172. The fourth-order valence-electron chi connectivity index (χ4n) is 3.08. The highest BCUT2D eigenvalue weighted by Gasteiger charge is 2.17. The van der Waals surface area contributed by atoms with E-state index in [1.165, 1.54) is 15.9 Å². The number of fused-ring (bicyclic) bond motifs is 2. The van der Waals surface area contributed by atoms with Gasteiger partial charge in [-0.05, 0) is 30.3 Å². The topological polar surface area (TPSA) is 101 Å². The smallest absolute Gasteiger partial charge is 0.262 e. The number of aliphatic hydroxyl groups is 1. The summed E-state index contributed by atoms with van der Waals surface area (Å²) in [6.45, 7) is 0.627. The van der Waals surface area contributed by atoms with Gasteiger partial charge in [0.05, 0.1) is 40.0 Å². The van der Waals surface area contributed by atoms with E-state index in [1.54, 1.807) is 25.3 Å². The van der Waals surface area contributed by atoms with Crippen molar-refractivity contribution >= 4 is 61.4 Å². The molecule has 2 aromatic carbocycles. The van der Waals surface area contributed by atoms with Crippen molar-refractivity contribution < 1.29 is 9.84 Å². The van der Waals surface area contributed by atoms with Crippen LogP contribution < -0.4 is 5.56 Å². The average molecular weight is 485 g/mol. The summed E-state index contributed by atoms with van der Waals surface area (Å²) >= 11 is 8.57. The normalized spacial score (nSPS) is 12.2. The zero-order valence-electron chi connectivity index (χ0n) is 16.9. The van der Waals surface area contributed by atoms with Crippen LogP contribution in [-0.4, -0.2) is 39.1 Å². The molecule has 1 N–H and O–H groups in total. The molecule has 162 valence electrons. The third-order valence-electron chi connectivity index (χ3n) is 4.65. The summed E-state index contributed by atoms with van der Waals surface area (Å²) in [5.74, 6) is -0.0834. The monoisotopic (exact) mass is 484 g/mol. The first-order valence-electron chi connectivity index (χ1n) is 9.52. The van der Waals surface area contributed by atoms with Gasteiger partial charge in [0, 0.05) is 12.1 Å². The lowest BCUT2D eigenvalue weighted by Crippen LogP contribution is -2.25. The highest BCUT2D eigenvalue weighted by atomic mass is 35.5. The Balaban J connectivity index is 1.70. The Kier molecular flexibility index (Phi) is 6.77. The van der Waals surface area contributed by atoms with Crippen LogP contribution >= 0.6 is 34.7 Å². The number of halogens is 1. The van der Waals surface area contributed by atoms with Crippen LogP contribution in [0.5, 0.6) is 0 Å². The highest BCUT2D eigenvalue weighted by Crippen LogP contribution is 2.30. The van der Waals surface area contributed by atoms with E-state index in [-0.39, 0.29) is 22.6 Å². The maximum absolute atomic E-state index is 13.0. The first-order chi connectivity index (χ1) is 15.5. The fraction of sp³-hybridized carbons (Fsp3) is 0.182. The van der Waals surface area contributed by atoms with Crippen LogP contribution in [0.4, 0.5) is 0 Å². The first kappa shape index (κ1) is 22.3. The Morgan fingerprint density at radius 3 is 2.84 bits per heavy atom. The van der Waals surface area contributed by atoms with E-state index >= 15 is 0 Å². The van der Waals surface area contributed by atoms with Gasteiger partial charge in [-0.15, -0.1) is 11.3 Å². The Bertz CT molecular complexity index is 1410. The molecule has 0 fully saturated rings. The number of ether oxygens (including phenoxy) is 1. The predicted octanol–water partition coefficient (Wildman–Crippen LogP) is 4.89. The molecular weight excluding hydrogens is 468 g/mol. The molecule has 0 atom stereocenters. The largest absolute Gasteiger partial charge is 0.510 e. The van der Waals surface area contributed by atoms with E-state index in [0.29, 0.717) is 39.2 Å². The van der Waals surface area contributed by atoms with Gasteiger partial charge in [-0.2, -0.15) is 5.26 Å². The van der Waals surface area contributed by atoms with Crippen molar-refractivity contribution in [3.8, 4) is 6.07 Å². The Morgan fingerprint density at radius 2 is 2.09 bits per heavy atom. The molecule has 0 radical (unpaired) electrons. The molecule has 0 aliphatic rings. The number of hydrogen-bond acceptors (Lipinski definition) is 8. The Labute approximate surface area is 196 Å². The lowest BCUT2D eigenvalue weighted by molar-refractivity contribution is 0.183. The van der Waals surface area contributed by atoms with Crippen LogP contribution in [-0.2, 0) is 11.3 Å². The molecule has 32 heavy (non-hydrogen) atoms. The summed E-state index contributed by atoms with van der Waals surface area (Å²) in [6.07, 6.45) is 0. The minimum Gasteiger partial charge on any atom is -0.510 e. The number of rotatable bonds is 7. The highest BCUT2D eigenvalue weighted by molar-refractivity contribution is 7.99. The van der Waals surface area contributed by atoms with Crippen molar-refractivity contribution in [1.29, 1.82) is 5.26 Å². The van der Waals surface area contributed by atoms with Crippen LogP contribution in [0.2, 0.25) is 5.02 Å². The minimum absolute atomic E-state index is 0.0459. The molecule has 0 spiro atoms. The van der Waals surface area contributed by atoms with Gasteiger partial charge >= 0.3 is 0 Å². The molecule has 4 rings (SSSR count). The summed E-state index contributed by atoms with van der Waals surface area (Å²) in [5.41, 5.74) is 1.12. The molecule has 2 heterocycles. The molecular formula is C22H17ClN4O3S2. The molecule has 0 bridgehead atoms. The summed E-state index contributed by atoms with van der Waals surface area (Å²) < 4.78 is 7.56. The zero-order chi connectivity index (χ0) is 22.7. The number of methoxy groups -OCH3 is 1. The number of aliphatic hydroxyl groups excluding tert-OH is 1. The van der Waals surface area contributed by atoms with Gasteiger partial charge in [-0.25, -0.2) is 9.97 Å². The molecule has 0 saturated carbocycles. The molecule has 0 amide bonds. The molecule has 2 aromatic heterocycles. The second-order valence-corrected chi connectivity index (χ2v) is 9.12. The van der Waals surface area contributed by atoms with Crippen molar-refractivity contribution in [2.24, 2.45) is 0 Å². The summed E-state index contributed by atoms with van der Waals surface area (Å²) in [4.78, 5) is 22.0. The van der Waals surface area contributed by atoms with E-state index < -0.39 is 0 Å². The third kappa shape index (κ3) is 4.49. The Hall–Kier alpha value is -2.90. The lowest BCUT2D eigenvalue weighted by Gasteiger charge is -2.13. The van der Waals surface area contributed by atoms with E-state index in [4.69, 9.17) is 16.3 Å². The predicted molar refractivity (Wildman–Crippen MR) is 128 cm³/mol. The van der Waals surface area contributed by atoms with Crippen molar-refractivity contribution in [2.45, 2.75) is 11.7 Å². The van der Waals surface area contributed by atoms with E-state index in [0.717, 1.165) is 22.0 Å². The van der Waals surface area contributed by atoms with Crippen LogP contribution in [0.3, 0.4) is 0 Å². The number of benzene rings is 2. The van der Waals surface area contributed by atoms with Crippen LogP contribution in [0.15, 0.2) is 58.2 Å². The van der Waals surface area contributed by atoms with Gasteiger partial charge in [0.1, 0.15) is 22.4 Å². The standard InChI is InChI=1S/C22H17ClN4O3S2/c1-30-9-8-27-21(29)14-7-6-13(23)10-17(14)26-22(27)31-12-18(28)15(11-24)20-25-16-4-2-3-5-19(16)32-20/h2-7,10,28H,8-9,12H2,1H3/b18-15-. The molecule has 7 nitrogen and oxygen atoms in total. The molecule has 0 aliphatic carbocycles. The maximum atomic E-state index is 13.0. The zero-order valence-corrected chi connectivity index (χ0v) is 19.3. The Morgan fingerprint density at radius 1 is 1.28 bits per heavy atom. The lowest BCUT2D eigenvalue weighted by atomic mass is 10.2. The molecule has 0 saturated heterocycles. The van der Waals surface area contributed by atoms with Gasteiger partial charge in [0.25, 0.3) is 5.56 Å². The number of aromatic nitrogens is 3. The van der Waals surface area contributed by atoms with Crippen LogP contribution in [0.1, 0.15) is 5.01 Å². The minimum atomic E-state index is -0.221. The van der Waals surface area contributed by atoms with Gasteiger partial charge in [0.2, 0.25) is 0 Å². The number of thiazole rings is 1. The van der Waals surface area contributed by atoms with Crippen molar-refractivity contribution in [1.82, 2.24) is 14.5 Å². The first-order valence-corrected chi connectivity index (χ1v) is 11.7. The van der Waals surface area contributed by atoms with Crippen molar-refractivity contribution in [3.63, 3.8) is 0 Å². The van der Waals surface area contributed by atoms with Gasteiger partial charge in [-0.1, -0.05) is 35.5 Å². The van der Waals surface area contributed by atoms with Gasteiger partial charge < -0.3 is 9.84 Å². The second-order valence-electron chi connectivity index (χ2n) is 6.71. The second kappa shape index (κ2) is 9.71. The molecule has 10 heteroatoms. The molecule has 4 aromatic rings. The van der Waals surface area contributed by atoms with E-state index in [2.05, 4.69) is 16.0 Å².